The number of hydrogen-bond donors (Lipinski definition) is 2. The second-order valence-corrected chi connectivity index (χ2v) is 7.07. The molecule has 0 heterocycles. The van der Waals surface area contributed by atoms with Gasteiger partial charge in [0.15, 0.2) is 0 Å². The molecule has 2 N–H and O–H groups in total. The average molecular weight is 370 g/mol. The summed E-state index contributed by atoms with van der Waals surface area (Å²) in [5.41, 5.74) is 3.20. The molecule has 4 heteroatoms. The maximum absolute atomic E-state index is 13.0. The molecule has 3 aromatic rings. The smallest absolute Gasteiger partial charge is 0.252 e. The van der Waals surface area contributed by atoms with Crippen LogP contribution < -0.4 is 10.6 Å². The lowest BCUT2D eigenvalue weighted by Gasteiger charge is -2.20. The van der Waals surface area contributed by atoms with Gasteiger partial charge in [0.2, 0.25) is 5.91 Å². The lowest BCUT2D eigenvalue weighted by Crippen LogP contribution is -2.29. The molecule has 0 radical (unpaired) electrons. The normalized spacial score (nSPS) is 13.2. The molecule has 0 atom stereocenters. The molecule has 3 aromatic carbocycles. The van der Waals surface area contributed by atoms with Crippen molar-refractivity contribution in [1.82, 2.24) is 5.32 Å². The summed E-state index contributed by atoms with van der Waals surface area (Å²) in [6.45, 7) is 0. The van der Waals surface area contributed by atoms with Gasteiger partial charge >= 0.3 is 0 Å². The molecule has 0 unspecified atom stereocenters. The van der Waals surface area contributed by atoms with Crippen LogP contribution in [0.2, 0.25) is 0 Å². The van der Waals surface area contributed by atoms with Crippen molar-refractivity contribution in [1.29, 1.82) is 0 Å². The fraction of sp³-hybridized carbons (Fsp3) is 0.167. The monoisotopic (exact) mass is 370 g/mol. The van der Waals surface area contributed by atoms with Crippen LogP contribution in [0.3, 0.4) is 0 Å². The van der Waals surface area contributed by atoms with Gasteiger partial charge in [-0.25, -0.2) is 0 Å². The van der Waals surface area contributed by atoms with Crippen LogP contribution in [0.25, 0.3) is 0 Å². The van der Waals surface area contributed by atoms with Gasteiger partial charge in [0, 0.05) is 17.2 Å². The maximum Gasteiger partial charge on any atom is 0.252 e. The Labute approximate surface area is 164 Å². The van der Waals surface area contributed by atoms with E-state index in [9.17, 15) is 9.59 Å². The summed E-state index contributed by atoms with van der Waals surface area (Å²) in [5, 5.41) is 6.03. The van der Waals surface area contributed by atoms with Gasteiger partial charge in [-0.3, -0.25) is 9.59 Å². The van der Waals surface area contributed by atoms with Crippen LogP contribution in [0.5, 0.6) is 0 Å². The summed E-state index contributed by atoms with van der Waals surface area (Å²) in [5.74, 6) is -0.0257. The number of carbonyl (C=O) groups excluding carboxylic acids is 2. The van der Waals surface area contributed by atoms with Crippen LogP contribution in [0.4, 0.5) is 5.69 Å². The van der Waals surface area contributed by atoms with Gasteiger partial charge in [-0.1, -0.05) is 66.7 Å². The Morgan fingerprint density at radius 1 is 0.786 bits per heavy atom. The zero-order chi connectivity index (χ0) is 19.3. The summed E-state index contributed by atoms with van der Waals surface area (Å²) in [4.78, 5) is 25.0. The van der Waals surface area contributed by atoms with E-state index in [1.807, 2.05) is 66.7 Å². The van der Waals surface area contributed by atoms with E-state index in [-0.39, 0.29) is 23.8 Å². The van der Waals surface area contributed by atoms with Crippen molar-refractivity contribution in [3.05, 3.63) is 102 Å². The Morgan fingerprint density at radius 3 is 1.96 bits per heavy atom. The minimum atomic E-state index is -0.250. The Kier molecular flexibility index (Phi) is 5.20. The van der Waals surface area contributed by atoms with E-state index in [4.69, 9.17) is 0 Å². The Morgan fingerprint density at radius 2 is 1.39 bits per heavy atom. The molecule has 1 aliphatic carbocycles. The highest BCUT2D eigenvalue weighted by molar-refractivity contribution is 5.98. The van der Waals surface area contributed by atoms with E-state index in [0.717, 1.165) is 24.0 Å². The molecule has 2 amide bonds. The molecule has 1 aliphatic rings. The van der Waals surface area contributed by atoms with Gasteiger partial charge in [0.05, 0.1) is 6.04 Å². The van der Waals surface area contributed by atoms with Crippen LogP contribution in [0.1, 0.15) is 40.4 Å². The Hall–Kier alpha value is -3.40. The van der Waals surface area contributed by atoms with Crippen molar-refractivity contribution in [2.75, 3.05) is 5.32 Å². The highest BCUT2D eigenvalue weighted by Gasteiger charge is 2.29. The second-order valence-electron chi connectivity index (χ2n) is 7.07. The molecule has 0 aliphatic heterocycles. The number of carbonyl (C=O) groups is 2. The summed E-state index contributed by atoms with van der Waals surface area (Å²) in [6.07, 6.45) is 1.89. The maximum atomic E-state index is 13.0. The number of hydrogen-bond acceptors (Lipinski definition) is 2. The fourth-order valence-corrected chi connectivity index (χ4v) is 3.19. The van der Waals surface area contributed by atoms with Crippen molar-refractivity contribution in [2.24, 2.45) is 5.92 Å². The lowest BCUT2D eigenvalue weighted by molar-refractivity contribution is -0.117. The van der Waals surface area contributed by atoms with E-state index in [0.29, 0.717) is 11.3 Å². The van der Waals surface area contributed by atoms with Gasteiger partial charge in [-0.05, 0) is 42.2 Å². The van der Waals surface area contributed by atoms with Crippen LogP contribution >= 0.6 is 0 Å². The first-order valence-electron chi connectivity index (χ1n) is 9.52. The highest BCUT2D eigenvalue weighted by atomic mass is 16.2. The van der Waals surface area contributed by atoms with Gasteiger partial charge in [-0.2, -0.15) is 0 Å². The quantitative estimate of drug-likeness (QED) is 0.668. The molecule has 4 rings (SSSR count). The lowest BCUT2D eigenvalue weighted by atomic mass is 9.98. The zero-order valence-electron chi connectivity index (χ0n) is 15.5. The standard InChI is InChI=1S/C24H22N2O2/c27-23(19-14-15-19)25-21-13-7-12-20(16-21)24(28)26-22(17-8-3-1-4-9-17)18-10-5-2-6-11-18/h1-13,16,19,22H,14-15H2,(H,25,27)(H,26,28). The molecule has 140 valence electrons. The summed E-state index contributed by atoms with van der Waals surface area (Å²) in [6, 6.07) is 26.6. The third-order valence-corrected chi connectivity index (χ3v) is 4.88. The summed E-state index contributed by atoms with van der Waals surface area (Å²) < 4.78 is 0. The molecular weight excluding hydrogens is 348 g/mol. The summed E-state index contributed by atoms with van der Waals surface area (Å²) in [7, 11) is 0. The van der Waals surface area contributed by atoms with Crippen LogP contribution in [0, 0.1) is 5.92 Å². The van der Waals surface area contributed by atoms with Gasteiger partial charge < -0.3 is 10.6 Å². The SMILES string of the molecule is O=C(NC(c1ccccc1)c1ccccc1)c1cccc(NC(=O)C2CC2)c1. The number of nitrogens with one attached hydrogen (secondary N) is 2. The van der Waals surface area contributed by atoms with Crippen molar-refractivity contribution in [2.45, 2.75) is 18.9 Å². The van der Waals surface area contributed by atoms with Crippen LogP contribution in [-0.4, -0.2) is 11.8 Å². The molecular formula is C24H22N2O2. The highest BCUT2D eigenvalue weighted by Crippen LogP contribution is 2.30. The first kappa shape index (κ1) is 18.0. The van der Waals surface area contributed by atoms with Gasteiger partial charge in [0.25, 0.3) is 5.91 Å². The topological polar surface area (TPSA) is 58.2 Å². The molecule has 0 spiro atoms. The third kappa shape index (κ3) is 4.29. The fourth-order valence-electron chi connectivity index (χ4n) is 3.19. The van der Waals surface area contributed by atoms with Gasteiger partial charge in [-0.15, -0.1) is 0 Å². The molecule has 1 fully saturated rings. The van der Waals surface area contributed by atoms with Crippen molar-refractivity contribution in [3.8, 4) is 0 Å². The molecule has 4 nitrogen and oxygen atoms in total. The van der Waals surface area contributed by atoms with E-state index >= 15 is 0 Å². The molecule has 0 bridgehead atoms. The Bertz CT molecular complexity index is 927. The first-order chi connectivity index (χ1) is 13.7. The first-order valence-corrected chi connectivity index (χ1v) is 9.52. The minimum absolute atomic E-state index is 0.0315. The number of rotatable bonds is 6. The average Bonchev–Trinajstić information content (AvgIpc) is 3.59. The predicted molar refractivity (Wildman–Crippen MR) is 110 cm³/mol. The third-order valence-electron chi connectivity index (χ3n) is 4.88. The van der Waals surface area contributed by atoms with Gasteiger partial charge in [0.1, 0.15) is 0 Å². The molecule has 1 saturated carbocycles. The second kappa shape index (κ2) is 8.09. The van der Waals surface area contributed by atoms with Crippen LogP contribution in [0.15, 0.2) is 84.9 Å². The largest absolute Gasteiger partial charge is 0.341 e. The van der Waals surface area contributed by atoms with Crippen molar-refractivity contribution < 1.29 is 9.59 Å². The predicted octanol–water partition coefficient (Wildman–Crippen LogP) is 4.55. The minimum Gasteiger partial charge on any atom is -0.341 e. The van der Waals surface area contributed by atoms with E-state index in [2.05, 4.69) is 10.6 Å². The molecule has 0 saturated heterocycles. The van der Waals surface area contributed by atoms with E-state index in [1.165, 1.54) is 0 Å². The number of benzene rings is 3. The zero-order valence-corrected chi connectivity index (χ0v) is 15.5. The molecule has 28 heavy (non-hydrogen) atoms. The van der Waals surface area contributed by atoms with Crippen molar-refractivity contribution >= 4 is 17.5 Å². The Balaban J connectivity index is 1.55. The molecule has 0 aromatic heterocycles. The van der Waals surface area contributed by atoms with Crippen molar-refractivity contribution in [3.63, 3.8) is 0 Å². The number of anilines is 1. The summed E-state index contributed by atoms with van der Waals surface area (Å²) >= 11 is 0. The van der Waals surface area contributed by atoms with E-state index < -0.39 is 0 Å². The van der Waals surface area contributed by atoms with E-state index in [1.54, 1.807) is 18.2 Å². The number of amides is 2. The van der Waals surface area contributed by atoms with Crippen LogP contribution in [-0.2, 0) is 4.79 Å².